The zero-order valence-corrected chi connectivity index (χ0v) is 14.6. The molecule has 2 N–H and O–H groups in total. The molecular formula is C14H24FIN4. The van der Waals surface area contributed by atoms with Gasteiger partial charge < -0.3 is 15.5 Å². The lowest BCUT2D eigenvalue weighted by Crippen LogP contribution is -2.38. The molecule has 0 saturated carbocycles. The number of aliphatic imine (C=N–C) groups is 1. The quantitative estimate of drug-likeness (QED) is 0.336. The van der Waals surface area contributed by atoms with Crippen LogP contribution in [0.5, 0.6) is 0 Å². The van der Waals surface area contributed by atoms with Crippen LogP contribution in [0, 0.1) is 5.82 Å². The third-order valence-corrected chi connectivity index (χ3v) is 2.67. The van der Waals surface area contributed by atoms with Crippen LogP contribution >= 0.6 is 24.0 Å². The molecule has 114 valence electrons. The highest BCUT2D eigenvalue weighted by atomic mass is 127. The minimum Gasteiger partial charge on any atom is -0.356 e. The Morgan fingerprint density at radius 2 is 1.85 bits per heavy atom. The Kier molecular flexibility index (Phi) is 10.4. The molecule has 0 aromatic heterocycles. The molecule has 0 unspecified atom stereocenters. The maximum atomic E-state index is 12.8. The van der Waals surface area contributed by atoms with E-state index in [9.17, 15) is 4.39 Å². The van der Waals surface area contributed by atoms with Gasteiger partial charge in [-0.05, 0) is 44.8 Å². The predicted octanol–water partition coefficient (Wildman–Crippen LogP) is 2.06. The van der Waals surface area contributed by atoms with E-state index in [-0.39, 0.29) is 29.8 Å². The maximum absolute atomic E-state index is 12.8. The van der Waals surface area contributed by atoms with E-state index < -0.39 is 0 Å². The molecule has 0 saturated heterocycles. The van der Waals surface area contributed by atoms with E-state index >= 15 is 0 Å². The highest BCUT2D eigenvalue weighted by Gasteiger charge is 1.98. The summed E-state index contributed by atoms with van der Waals surface area (Å²) in [5.41, 5.74) is 1.03. The molecule has 6 heteroatoms. The first-order valence-corrected chi connectivity index (χ1v) is 6.45. The monoisotopic (exact) mass is 394 g/mol. The first-order valence-electron chi connectivity index (χ1n) is 6.45. The van der Waals surface area contributed by atoms with Crippen molar-refractivity contribution < 1.29 is 4.39 Å². The minimum absolute atomic E-state index is 0. The van der Waals surface area contributed by atoms with Gasteiger partial charge in [-0.25, -0.2) is 4.39 Å². The van der Waals surface area contributed by atoms with Crippen LogP contribution in [0.2, 0.25) is 0 Å². The number of hydrogen-bond acceptors (Lipinski definition) is 2. The first kappa shape index (κ1) is 19.1. The maximum Gasteiger partial charge on any atom is 0.191 e. The molecule has 0 aliphatic heterocycles. The molecule has 0 radical (unpaired) electrons. The summed E-state index contributed by atoms with van der Waals surface area (Å²) in [7, 11) is 5.86. The minimum atomic E-state index is -0.213. The molecule has 0 spiro atoms. The molecule has 0 amide bonds. The van der Waals surface area contributed by atoms with Gasteiger partial charge in [0.1, 0.15) is 5.82 Å². The van der Waals surface area contributed by atoms with Crippen molar-refractivity contribution in [2.75, 3.05) is 34.2 Å². The third kappa shape index (κ3) is 8.31. The van der Waals surface area contributed by atoms with Crippen molar-refractivity contribution in [3.63, 3.8) is 0 Å². The first-order chi connectivity index (χ1) is 9.11. The van der Waals surface area contributed by atoms with Gasteiger partial charge in [0.2, 0.25) is 0 Å². The van der Waals surface area contributed by atoms with Crippen molar-refractivity contribution in [2.45, 2.75) is 13.0 Å². The van der Waals surface area contributed by atoms with Crippen LogP contribution in [0.25, 0.3) is 0 Å². The van der Waals surface area contributed by atoms with Crippen LogP contribution < -0.4 is 10.6 Å². The lowest BCUT2D eigenvalue weighted by molar-refractivity contribution is 0.399. The summed E-state index contributed by atoms with van der Waals surface area (Å²) in [4.78, 5) is 6.29. The van der Waals surface area contributed by atoms with Crippen LogP contribution in [-0.2, 0) is 6.54 Å². The van der Waals surface area contributed by atoms with Gasteiger partial charge in [0, 0.05) is 20.1 Å². The van der Waals surface area contributed by atoms with Crippen LogP contribution in [-0.4, -0.2) is 45.1 Å². The average Bonchev–Trinajstić information content (AvgIpc) is 2.39. The van der Waals surface area contributed by atoms with Gasteiger partial charge in [-0.2, -0.15) is 0 Å². The van der Waals surface area contributed by atoms with E-state index in [1.807, 2.05) is 0 Å². The van der Waals surface area contributed by atoms with Gasteiger partial charge in [0.05, 0.1) is 0 Å². The fraction of sp³-hybridized carbons (Fsp3) is 0.500. The Balaban J connectivity index is 0.00000361. The lowest BCUT2D eigenvalue weighted by Gasteiger charge is -2.13. The highest BCUT2D eigenvalue weighted by Crippen LogP contribution is 2.01. The SMILES string of the molecule is CN=C(NCCCN(C)C)NCc1ccc(F)cc1.I. The number of guanidine groups is 1. The van der Waals surface area contributed by atoms with Gasteiger partial charge in [-0.1, -0.05) is 12.1 Å². The van der Waals surface area contributed by atoms with Crippen molar-refractivity contribution >= 4 is 29.9 Å². The van der Waals surface area contributed by atoms with Crippen LogP contribution in [0.1, 0.15) is 12.0 Å². The highest BCUT2D eigenvalue weighted by molar-refractivity contribution is 14.0. The van der Waals surface area contributed by atoms with E-state index in [2.05, 4.69) is 34.6 Å². The molecule has 0 aliphatic carbocycles. The van der Waals surface area contributed by atoms with Crippen molar-refractivity contribution in [3.8, 4) is 0 Å². The van der Waals surface area contributed by atoms with Gasteiger partial charge >= 0.3 is 0 Å². The van der Waals surface area contributed by atoms with Crippen LogP contribution in [0.3, 0.4) is 0 Å². The summed E-state index contributed by atoms with van der Waals surface area (Å²) in [6, 6.07) is 6.46. The summed E-state index contributed by atoms with van der Waals surface area (Å²) in [6.07, 6.45) is 1.06. The zero-order chi connectivity index (χ0) is 14.1. The van der Waals surface area contributed by atoms with E-state index in [1.165, 1.54) is 12.1 Å². The number of halogens is 2. The summed E-state index contributed by atoms with van der Waals surface area (Å²) in [6.45, 7) is 2.55. The third-order valence-electron chi connectivity index (χ3n) is 2.67. The van der Waals surface area contributed by atoms with E-state index in [0.29, 0.717) is 6.54 Å². The topological polar surface area (TPSA) is 39.7 Å². The molecular weight excluding hydrogens is 370 g/mol. The predicted molar refractivity (Wildman–Crippen MR) is 93.2 cm³/mol. The van der Waals surface area contributed by atoms with Gasteiger partial charge in [-0.3, -0.25) is 4.99 Å². The largest absolute Gasteiger partial charge is 0.356 e. The summed E-state index contributed by atoms with van der Waals surface area (Å²) in [5, 5.41) is 6.44. The second-order valence-corrected chi connectivity index (χ2v) is 4.64. The average molecular weight is 394 g/mol. The standard InChI is InChI=1S/C14H23FN4.HI/c1-16-14(17-9-4-10-19(2)3)18-11-12-5-7-13(15)8-6-12;/h5-8H,4,9-11H2,1-3H3,(H2,16,17,18);1H. The number of hydrogen-bond donors (Lipinski definition) is 2. The number of nitrogens with zero attached hydrogens (tertiary/aromatic N) is 2. The number of rotatable bonds is 6. The van der Waals surface area contributed by atoms with Crippen molar-refractivity contribution in [3.05, 3.63) is 35.6 Å². The molecule has 1 rings (SSSR count). The van der Waals surface area contributed by atoms with E-state index in [1.54, 1.807) is 19.2 Å². The summed E-state index contributed by atoms with van der Waals surface area (Å²) in [5.74, 6) is 0.554. The Hall–Kier alpha value is -0.890. The molecule has 0 bridgehead atoms. The Bertz CT molecular complexity index is 393. The van der Waals surface area contributed by atoms with E-state index in [4.69, 9.17) is 0 Å². The zero-order valence-electron chi connectivity index (χ0n) is 12.3. The van der Waals surface area contributed by atoms with Gasteiger partial charge in [0.25, 0.3) is 0 Å². The molecule has 1 aromatic rings. The van der Waals surface area contributed by atoms with Gasteiger partial charge in [0.15, 0.2) is 5.96 Å². The molecule has 20 heavy (non-hydrogen) atoms. The molecule has 4 nitrogen and oxygen atoms in total. The second kappa shape index (κ2) is 10.8. The summed E-state index contributed by atoms with van der Waals surface area (Å²) < 4.78 is 12.8. The van der Waals surface area contributed by atoms with Crippen molar-refractivity contribution in [1.82, 2.24) is 15.5 Å². The normalized spacial score (nSPS) is 11.2. The van der Waals surface area contributed by atoms with Crippen LogP contribution in [0.4, 0.5) is 4.39 Å². The van der Waals surface area contributed by atoms with Crippen molar-refractivity contribution in [2.24, 2.45) is 4.99 Å². The molecule has 0 fully saturated rings. The summed E-state index contributed by atoms with van der Waals surface area (Å²) >= 11 is 0. The Morgan fingerprint density at radius 3 is 2.40 bits per heavy atom. The molecule has 0 atom stereocenters. The molecule has 0 heterocycles. The van der Waals surface area contributed by atoms with Gasteiger partial charge in [-0.15, -0.1) is 24.0 Å². The smallest absolute Gasteiger partial charge is 0.191 e. The fourth-order valence-corrected chi connectivity index (χ4v) is 1.61. The van der Waals surface area contributed by atoms with E-state index in [0.717, 1.165) is 31.0 Å². The Morgan fingerprint density at radius 1 is 1.20 bits per heavy atom. The van der Waals surface area contributed by atoms with Crippen molar-refractivity contribution in [1.29, 1.82) is 0 Å². The fourth-order valence-electron chi connectivity index (χ4n) is 1.61. The second-order valence-electron chi connectivity index (χ2n) is 4.64. The number of benzene rings is 1. The van der Waals surface area contributed by atoms with Crippen LogP contribution in [0.15, 0.2) is 29.3 Å². The Labute approximate surface area is 137 Å². The molecule has 0 aliphatic rings. The lowest BCUT2D eigenvalue weighted by atomic mass is 10.2. The molecule has 1 aromatic carbocycles. The number of nitrogens with one attached hydrogen (secondary N) is 2.